The van der Waals surface area contributed by atoms with E-state index < -0.39 is 5.97 Å². The quantitative estimate of drug-likeness (QED) is 0.495. The molecular formula is C21H30O2. The first kappa shape index (κ1) is 17.8. The predicted molar refractivity (Wildman–Crippen MR) is 96.3 cm³/mol. The van der Waals surface area contributed by atoms with E-state index in [4.69, 9.17) is 5.11 Å². The van der Waals surface area contributed by atoms with Crippen LogP contribution < -0.4 is 0 Å². The number of aliphatic carboxylic acids is 1. The molecule has 0 aliphatic heterocycles. The predicted octanol–water partition coefficient (Wildman–Crippen LogP) is 5.83. The molecule has 23 heavy (non-hydrogen) atoms. The monoisotopic (exact) mass is 314 g/mol. The van der Waals surface area contributed by atoms with E-state index in [1.54, 1.807) is 0 Å². The molecule has 0 aromatic heterocycles. The average molecular weight is 314 g/mol. The Labute approximate surface area is 140 Å². The van der Waals surface area contributed by atoms with Crippen molar-refractivity contribution in [3.05, 3.63) is 47.1 Å². The Hall–Kier alpha value is -1.57. The zero-order valence-corrected chi connectivity index (χ0v) is 15.0. The second-order valence-corrected chi connectivity index (χ2v) is 7.98. The fourth-order valence-corrected chi connectivity index (χ4v) is 4.05. The lowest BCUT2D eigenvalue weighted by Gasteiger charge is -2.38. The van der Waals surface area contributed by atoms with Crippen molar-refractivity contribution in [2.45, 2.75) is 66.2 Å². The van der Waals surface area contributed by atoms with Crippen molar-refractivity contribution in [3.63, 3.8) is 0 Å². The highest BCUT2D eigenvalue weighted by atomic mass is 16.4. The number of carboxylic acid groups (broad SMARTS) is 1. The zero-order valence-electron chi connectivity index (χ0n) is 15.0. The molecule has 2 rings (SSSR count). The van der Waals surface area contributed by atoms with E-state index in [1.165, 1.54) is 54.9 Å². The van der Waals surface area contributed by atoms with E-state index in [9.17, 15) is 4.79 Å². The van der Waals surface area contributed by atoms with Gasteiger partial charge in [0.25, 0.3) is 0 Å². The van der Waals surface area contributed by atoms with Crippen molar-refractivity contribution < 1.29 is 9.90 Å². The molecule has 0 atom stereocenters. The molecule has 0 amide bonds. The summed E-state index contributed by atoms with van der Waals surface area (Å²) in [6, 6.07) is 0. The summed E-state index contributed by atoms with van der Waals surface area (Å²) in [7, 11) is 0. The van der Waals surface area contributed by atoms with E-state index in [2.05, 4.69) is 33.4 Å². The average Bonchev–Trinajstić information content (AvgIpc) is 3.17. The summed E-state index contributed by atoms with van der Waals surface area (Å²) in [5.74, 6) is -0.887. The van der Waals surface area contributed by atoms with Gasteiger partial charge in [0.15, 0.2) is 0 Å². The molecule has 0 radical (unpaired) electrons. The molecule has 1 N–H and O–H groups in total. The minimum absolute atomic E-state index is 0.213. The van der Waals surface area contributed by atoms with Gasteiger partial charge in [-0.1, -0.05) is 38.2 Å². The molecular weight excluding hydrogens is 284 g/mol. The SMILES string of the molecule is C=C(C1=C(C)CCCC1(C)C)C1(CC=CC(C)=CC(=O)O)CC1. The summed E-state index contributed by atoms with van der Waals surface area (Å²) in [4.78, 5) is 10.7. The Morgan fingerprint density at radius 3 is 2.48 bits per heavy atom. The molecule has 2 aliphatic rings. The Balaban J connectivity index is 2.13. The number of hydrogen-bond acceptors (Lipinski definition) is 1. The third-order valence-corrected chi connectivity index (χ3v) is 5.49. The topological polar surface area (TPSA) is 37.3 Å². The first-order valence-corrected chi connectivity index (χ1v) is 8.66. The minimum Gasteiger partial charge on any atom is -0.478 e. The highest BCUT2D eigenvalue weighted by Crippen LogP contribution is 2.60. The third kappa shape index (κ3) is 4.04. The maximum atomic E-state index is 10.7. The van der Waals surface area contributed by atoms with Crippen LogP contribution in [0.5, 0.6) is 0 Å². The van der Waals surface area contributed by atoms with Gasteiger partial charge in [-0.3, -0.25) is 0 Å². The maximum Gasteiger partial charge on any atom is 0.328 e. The molecule has 0 aromatic rings. The number of allylic oxidation sites excluding steroid dienone is 6. The Kier molecular flexibility index (Phi) is 5.03. The lowest BCUT2D eigenvalue weighted by molar-refractivity contribution is -0.131. The van der Waals surface area contributed by atoms with Gasteiger partial charge in [0.1, 0.15) is 0 Å². The summed E-state index contributed by atoms with van der Waals surface area (Å²) in [5, 5.41) is 8.77. The fourth-order valence-electron chi connectivity index (χ4n) is 4.05. The molecule has 2 aliphatic carbocycles. The Morgan fingerprint density at radius 2 is 1.96 bits per heavy atom. The number of carbonyl (C=O) groups is 1. The lowest BCUT2D eigenvalue weighted by Crippen LogP contribution is -2.24. The molecule has 0 saturated heterocycles. The van der Waals surface area contributed by atoms with Crippen LogP contribution in [-0.2, 0) is 4.79 Å². The maximum absolute atomic E-state index is 10.7. The summed E-state index contributed by atoms with van der Waals surface area (Å²) in [5.41, 5.74) is 5.59. The van der Waals surface area contributed by atoms with Crippen LogP contribution in [0.3, 0.4) is 0 Å². The van der Waals surface area contributed by atoms with Crippen molar-refractivity contribution >= 4 is 5.97 Å². The largest absolute Gasteiger partial charge is 0.478 e. The van der Waals surface area contributed by atoms with Crippen LogP contribution in [0, 0.1) is 10.8 Å². The van der Waals surface area contributed by atoms with Crippen LogP contribution in [0.1, 0.15) is 66.2 Å². The molecule has 0 heterocycles. The van der Waals surface area contributed by atoms with Gasteiger partial charge in [0.2, 0.25) is 0 Å². The van der Waals surface area contributed by atoms with E-state index >= 15 is 0 Å². The molecule has 2 heteroatoms. The van der Waals surface area contributed by atoms with Crippen molar-refractivity contribution in [1.29, 1.82) is 0 Å². The fraction of sp³-hybridized carbons (Fsp3) is 0.571. The van der Waals surface area contributed by atoms with E-state index in [1.807, 2.05) is 13.0 Å². The molecule has 1 saturated carbocycles. The van der Waals surface area contributed by atoms with Crippen LogP contribution in [-0.4, -0.2) is 11.1 Å². The molecule has 0 aromatic carbocycles. The summed E-state index contributed by atoms with van der Waals surface area (Å²) < 4.78 is 0. The first-order valence-electron chi connectivity index (χ1n) is 8.66. The molecule has 0 bridgehead atoms. The molecule has 2 nitrogen and oxygen atoms in total. The second kappa shape index (κ2) is 6.51. The molecule has 1 fully saturated rings. The first-order chi connectivity index (χ1) is 10.7. The zero-order chi connectivity index (χ0) is 17.3. The van der Waals surface area contributed by atoms with Crippen molar-refractivity contribution in [2.24, 2.45) is 10.8 Å². The lowest BCUT2D eigenvalue weighted by atomic mass is 9.67. The van der Waals surface area contributed by atoms with E-state index in [0.717, 1.165) is 12.0 Å². The van der Waals surface area contributed by atoms with Gasteiger partial charge in [0.05, 0.1) is 0 Å². The number of hydrogen-bond donors (Lipinski definition) is 1. The highest BCUT2D eigenvalue weighted by molar-refractivity contribution is 5.81. The minimum atomic E-state index is -0.887. The van der Waals surface area contributed by atoms with Crippen molar-refractivity contribution in [1.82, 2.24) is 0 Å². The van der Waals surface area contributed by atoms with Crippen LogP contribution in [0.25, 0.3) is 0 Å². The molecule has 126 valence electrons. The van der Waals surface area contributed by atoms with Gasteiger partial charge in [-0.05, 0) is 79.9 Å². The van der Waals surface area contributed by atoms with Gasteiger partial charge in [0, 0.05) is 6.08 Å². The van der Waals surface area contributed by atoms with Gasteiger partial charge in [-0.25, -0.2) is 4.79 Å². The second-order valence-electron chi connectivity index (χ2n) is 7.98. The third-order valence-electron chi connectivity index (χ3n) is 5.49. The van der Waals surface area contributed by atoms with Gasteiger partial charge < -0.3 is 5.11 Å². The Morgan fingerprint density at radius 1 is 1.30 bits per heavy atom. The summed E-state index contributed by atoms with van der Waals surface area (Å²) in [6.45, 7) is 13.3. The number of rotatable bonds is 6. The molecule has 0 unspecified atom stereocenters. The van der Waals surface area contributed by atoms with Crippen molar-refractivity contribution in [2.75, 3.05) is 0 Å². The molecule has 0 spiro atoms. The van der Waals surface area contributed by atoms with Gasteiger partial charge in [-0.15, -0.1) is 0 Å². The smallest absolute Gasteiger partial charge is 0.328 e. The number of carboxylic acids is 1. The van der Waals surface area contributed by atoms with Crippen LogP contribution >= 0.6 is 0 Å². The highest BCUT2D eigenvalue weighted by Gasteiger charge is 2.47. The Bertz CT molecular complexity index is 595. The van der Waals surface area contributed by atoms with Crippen LogP contribution in [0.4, 0.5) is 0 Å². The summed E-state index contributed by atoms with van der Waals surface area (Å²) in [6.07, 6.45) is 12.4. The van der Waals surface area contributed by atoms with E-state index in [-0.39, 0.29) is 10.8 Å². The van der Waals surface area contributed by atoms with Crippen LogP contribution in [0.15, 0.2) is 47.1 Å². The van der Waals surface area contributed by atoms with Gasteiger partial charge in [-0.2, -0.15) is 0 Å². The standard InChI is InChI=1S/C21H30O2/c1-15(14-18(22)23)8-6-11-21(12-13-21)17(3)19-16(2)9-7-10-20(19,4)5/h6,8,14H,3,7,9-13H2,1-2,4-5H3,(H,22,23). The van der Waals surface area contributed by atoms with Gasteiger partial charge >= 0.3 is 5.97 Å². The normalized spacial score (nSPS) is 23.2. The van der Waals surface area contributed by atoms with E-state index in [0.29, 0.717) is 0 Å². The summed E-state index contributed by atoms with van der Waals surface area (Å²) >= 11 is 0. The van der Waals surface area contributed by atoms with Crippen molar-refractivity contribution in [3.8, 4) is 0 Å². The van der Waals surface area contributed by atoms with Crippen LogP contribution in [0.2, 0.25) is 0 Å².